The molecule has 3 nitrogen and oxygen atoms in total. The molecular formula is C14H16BrNO2. The van der Waals surface area contributed by atoms with Crippen LogP contribution in [0, 0.1) is 6.92 Å². The molecule has 2 aromatic rings. The van der Waals surface area contributed by atoms with Crippen molar-refractivity contribution in [3.63, 3.8) is 0 Å². The Morgan fingerprint density at radius 1 is 1.28 bits per heavy atom. The Balaban J connectivity index is 2.47. The monoisotopic (exact) mass is 309 g/mol. The first-order valence-corrected chi connectivity index (χ1v) is 6.52. The van der Waals surface area contributed by atoms with Crippen molar-refractivity contribution in [2.45, 2.75) is 13.0 Å². The van der Waals surface area contributed by atoms with Gasteiger partial charge >= 0.3 is 0 Å². The molecule has 0 bridgehead atoms. The van der Waals surface area contributed by atoms with Gasteiger partial charge in [-0.2, -0.15) is 0 Å². The summed E-state index contributed by atoms with van der Waals surface area (Å²) in [5, 5.41) is 3.26. The second-order valence-corrected chi connectivity index (χ2v) is 4.97. The Labute approximate surface area is 115 Å². The van der Waals surface area contributed by atoms with E-state index in [1.165, 1.54) is 0 Å². The molecule has 18 heavy (non-hydrogen) atoms. The molecule has 0 saturated heterocycles. The van der Waals surface area contributed by atoms with Crippen molar-refractivity contribution in [2.24, 2.45) is 0 Å². The van der Waals surface area contributed by atoms with Crippen LogP contribution in [0.2, 0.25) is 0 Å². The van der Waals surface area contributed by atoms with Crippen LogP contribution < -0.4 is 10.1 Å². The number of halogens is 1. The Morgan fingerprint density at radius 3 is 2.61 bits per heavy atom. The van der Waals surface area contributed by atoms with E-state index in [0.29, 0.717) is 0 Å². The highest BCUT2D eigenvalue weighted by Gasteiger charge is 2.19. The zero-order valence-corrected chi connectivity index (χ0v) is 12.2. The van der Waals surface area contributed by atoms with Crippen molar-refractivity contribution in [3.05, 3.63) is 51.9 Å². The lowest BCUT2D eigenvalue weighted by Gasteiger charge is -2.17. The van der Waals surface area contributed by atoms with Crippen LogP contribution in [0.1, 0.15) is 23.1 Å². The highest BCUT2D eigenvalue weighted by molar-refractivity contribution is 9.10. The smallest absolute Gasteiger partial charge is 0.125 e. The van der Waals surface area contributed by atoms with Crippen LogP contribution in [0.25, 0.3) is 0 Å². The molecule has 1 heterocycles. The van der Waals surface area contributed by atoms with Crippen LogP contribution in [-0.4, -0.2) is 14.2 Å². The molecule has 1 atom stereocenters. The first-order chi connectivity index (χ1) is 8.65. The highest BCUT2D eigenvalue weighted by Crippen LogP contribution is 2.32. The van der Waals surface area contributed by atoms with Gasteiger partial charge in [-0.1, -0.05) is 15.9 Å². The number of hydrogen-bond acceptors (Lipinski definition) is 3. The fraction of sp³-hybridized carbons (Fsp3) is 0.286. The van der Waals surface area contributed by atoms with Crippen LogP contribution in [0.5, 0.6) is 5.75 Å². The Bertz CT molecular complexity index is 536. The van der Waals surface area contributed by atoms with Gasteiger partial charge in [-0.3, -0.25) is 0 Å². The van der Waals surface area contributed by atoms with Gasteiger partial charge in [0.15, 0.2) is 0 Å². The van der Waals surface area contributed by atoms with E-state index < -0.39 is 0 Å². The standard InChI is InChI=1S/C14H16BrNO2/c1-9-4-6-13(18-9)14(16-2)11-8-10(15)5-7-12(11)17-3/h4-8,14,16H,1-3H3. The number of nitrogens with one attached hydrogen (secondary N) is 1. The summed E-state index contributed by atoms with van der Waals surface area (Å²) in [5.41, 5.74) is 1.05. The minimum atomic E-state index is -0.0221. The third-order valence-corrected chi connectivity index (χ3v) is 3.33. The zero-order valence-electron chi connectivity index (χ0n) is 10.7. The molecule has 0 radical (unpaired) electrons. The van der Waals surface area contributed by atoms with Gasteiger partial charge < -0.3 is 14.5 Å². The van der Waals surface area contributed by atoms with Gasteiger partial charge in [-0.05, 0) is 44.3 Å². The van der Waals surface area contributed by atoms with E-state index in [1.807, 2.05) is 44.3 Å². The number of methoxy groups -OCH3 is 1. The van der Waals surface area contributed by atoms with E-state index >= 15 is 0 Å². The number of aryl methyl sites for hydroxylation is 1. The van der Waals surface area contributed by atoms with Crippen molar-refractivity contribution in [2.75, 3.05) is 14.2 Å². The van der Waals surface area contributed by atoms with Gasteiger partial charge in [0, 0.05) is 10.0 Å². The van der Waals surface area contributed by atoms with Crippen molar-refractivity contribution >= 4 is 15.9 Å². The van der Waals surface area contributed by atoms with Crippen LogP contribution in [-0.2, 0) is 0 Å². The average Bonchev–Trinajstić information content (AvgIpc) is 2.77. The summed E-state index contributed by atoms with van der Waals surface area (Å²) in [5.74, 6) is 2.62. The van der Waals surface area contributed by atoms with E-state index in [0.717, 1.165) is 27.3 Å². The molecule has 2 rings (SSSR count). The highest BCUT2D eigenvalue weighted by atomic mass is 79.9. The van der Waals surface area contributed by atoms with Crippen LogP contribution in [0.15, 0.2) is 39.2 Å². The van der Waals surface area contributed by atoms with E-state index in [4.69, 9.17) is 9.15 Å². The minimum absolute atomic E-state index is 0.0221. The second kappa shape index (κ2) is 5.59. The maximum absolute atomic E-state index is 5.70. The lowest BCUT2D eigenvalue weighted by molar-refractivity contribution is 0.394. The van der Waals surface area contributed by atoms with Crippen LogP contribution in [0.3, 0.4) is 0 Å². The number of rotatable bonds is 4. The van der Waals surface area contributed by atoms with Crippen LogP contribution in [0.4, 0.5) is 0 Å². The third-order valence-electron chi connectivity index (χ3n) is 2.84. The normalized spacial score (nSPS) is 12.4. The summed E-state index contributed by atoms with van der Waals surface area (Å²) < 4.78 is 12.1. The molecule has 0 amide bonds. The summed E-state index contributed by atoms with van der Waals surface area (Å²) in [6.07, 6.45) is 0. The predicted octanol–water partition coefficient (Wildman–Crippen LogP) is 3.67. The van der Waals surface area contributed by atoms with Crippen LogP contribution >= 0.6 is 15.9 Å². The molecule has 0 spiro atoms. The predicted molar refractivity (Wildman–Crippen MR) is 75.0 cm³/mol. The van der Waals surface area contributed by atoms with Crippen molar-refractivity contribution in [3.8, 4) is 5.75 Å². The molecule has 0 aliphatic rings. The van der Waals surface area contributed by atoms with Gasteiger partial charge in [0.2, 0.25) is 0 Å². The molecule has 1 aromatic carbocycles. The Kier molecular flexibility index (Phi) is 4.09. The third kappa shape index (κ3) is 2.60. The molecule has 1 unspecified atom stereocenters. The fourth-order valence-corrected chi connectivity index (χ4v) is 2.37. The molecular weight excluding hydrogens is 294 g/mol. The minimum Gasteiger partial charge on any atom is -0.496 e. The van der Waals surface area contributed by atoms with E-state index in [-0.39, 0.29) is 6.04 Å². The largest absolute Gasteiger partial charge is 0.496 e. The molecule has 4 heteroatoms. The molecule has 0 fully saturated rings. The van der Waals surface area contributed by atoms with Gasteiger partial charge in [-0.15, -0.1) is 0 Å². The number of furan rings is 1. The quantitative estimate of drug-likeness (QED) is 0.935. The molecule has 1 aromatic heterocycles. The van der Waals surface area contributed by atoms with Crippen molar-refractivity contribution in [1.82, 2.24) is 5.32 Å². The van der Waals surface area contributed by atoms with Crippen molar-refractivity contribution < 1.29 is 9.15 Å². The first-order valence-electron chi connectivity index (χ1n) is 5.72. The zero-order chi connectivity index (χ0) is 13.1. The Morgan fingerprint density at radius 2 is 2.06 bits per heavy atom. The molecule has 0 aliphatic heterocycles. The van der Waals surface area contributed by atoms with Gasteiger partial charge in [0.05, 0.1) is 13.2 Å². The van der Waals surface area contributed by atoms with Gasteiger partial charge in [-0.25, -0.2) is 0 Å². The molecule has 1 N–H and O–H groups in total. The molecule has 0 saturated carbocycles. The topological polar surface area (TPSA) is 34.4 Å². The SMILES string of the molecule is CNC(c1ccc(C)o1)c1cc(Br)ccc1OC. The molecule has 96 valence electrons. The lowest BCUT2D eigenvalue weighted by atomic mass is 10.0. The molecule has 0 aliphatic carbocycles. The Hall–Kier alpha value is -1.26. The number of ether oxygens (including phenoxy) is 1. The van der Waals surface area contributed by atoms with E-state index in [9.17, 15) is 0 Å². The number of hydrogen-bond donors (Lipinski definition) is 1. The first kappa shape index (κ1) is 13.2. The number of benzene rings is 1. The second-order valence-electron chi connectivity index (χ2n) is 4.06. The summed E-state index contributed by atoms with van der Waals surface area (Å²) in [6.45, 7) is 1.94. The van der Waals surface area contributed by atoms with Gasteiger partial charge in [0.1, 0.15) is 17.3 Å². The fourth-order valence-electron chi connectivity index (χ4n) is 1.99. The summed E-state index contributed by atoms with van der Waals surface area (Å²) in [6, 6.07) is 9.87. The summed E-state index contributed by atoms with van der Waals surface area (Å²) in [7, 11) is 3.58. The van der Waals surface area contributed by atoms with Gasteiger partial charge in [0.25, 0.3) is 0 Å². The maximum Gasteiger partial charge on any atom is 0.125 e. The summed E-state index contributed by atoms with van der Waals surface area (Å²) in [4.78, 5) is 0. The van der Waals surface area contributed by atoms with E-state index in [2.05, 4.69) is 21.2 Å². The lowest BCUT2D eigenvalue weighted by Crippen LogP contribution is -2.17. The summed E-state index contributed by atoms with van der Waals surface area (Å²) >= 11 is 3.49. The average molecular weight is 310 g/mol. The van der Waals surface area contributed by atoms with Crippen molar-refractivity contribution in [1.29, 1.82) is 0 Å². The van der Waals surface area contributed by atoms with E-state index in [1.54, 1.807) is 7.11 Å². The maximum atomic E-state index is 5.70.